The molecule has 0 saturated heterocycles. The standard InChI is InChI=1S/C25H27F2NO3/c1-4-6-22-24(25(30)31-5-2)19(18-10-7-16(3)8-11-18)14-23(29)28(22)15-17-9-12-20(26)21(27)13-17/h7-13,19H,4-6,14-15H2,1-3H3. The Hall–Kier alpha value is -3.02. The van der Waals surface area contributed by atoms with Crippen molar-refractivity contribution >= 4 is 11.9 Å². The average molecular weight is 427 g/mol. The Morgan fingerprint density at radius 1 is 1.10 bits per heavy atom. The van der Waals surface area contributed by atoms with Crippen LogP contribution < -0.4 is 0 Å². The number of benzene rings is 2. The highest BCUT2D eigenvalue weighted by Crippen LogP contribution is 2.39. The zero-order chi connectivity index (χ0) is 22.5. The fourth-order valence-electron chi connectivity index (χ4n) is 3.95. The molecule has 1 unspecified atom stereocenters. The molecule has 0 spiro atoms. The lowest BCUT2D eigenvalue weighted by Crippen LogP contribution is -2.39. The Balaban J connectivity index is 2.10. The number of rotatable bonds is 7. The zero-order valence-corrected chi connectivity index (χ0v) is 18.1. The highest BCUT2D eigenvalue weighted by molar-refractivity contribution is 5.96. The van der Waals surface area contributed by atoms with Crippen LogP contribution >= 0.6 is 0 Å². The van der Waals surface area contributed by atoms with Crippen LogP contribution in [0.4, 0.5) is 8.78 Å². The second-order valence-corrected chi connectivity index (χ2v) is 7.73. The number of hydrogen-bond acceptors (Lipinski definition) is 3. The molecule has 1 heterocycles. The molecule has 6 heteroatoms. The summed E-state index contributed by atoms with van der Waals surface area (Å²) in [7, 11) is 0. The molecule has 31 heavy (non-hydrogen) atoms. The van der Waals surface area contributed by atoms with Crippen LogP contribution in [0.5, 0.6) is 0 Å². The molecular weight excluding hydrogens is 400 g/mol. The normalized spacial score (nSPS) is 16.6. The third-order valence-electron chi connectivity index (χ3n) is 5.45. The van der Waals surface area contributed by atoms with E-state index in [1.807, 2.05) is 38.1 Å². The number of aryl methyl sites for hydroxylation is 1. The van der Waals surface area contributed by atoms with E-state index in [0.29, 0.717) is 29.7 Å². The smallest absolute Gasteiger partial charge is 0.336 e. The van der Waals surface area contributed by atoms with Crippen molar-refractivity contribution in [1.29, 1.82) is 0 Å². The topological polar surface area (TPSA) is 46.6 Å². The summed E-state index contributed by atoms with van der Waals surface area (Å²) >= 11 is 0. The summed E-state index contributed by atoms with van der Waals surface area (Å²) in [5.41, 5.74) is 3.48. The second-order valence-electron chi connectivity index (χ2n) is 7.73. The molecule has 1 aliphatic heterocycles. The van der Waals surface area contributed by atoms with Gasteiger partial charge >= 0.3 is 5.97 Å². The molecule has 1 aliphatic rings. The summed E-state index contributed by atoms with van der Waals surface area (Å²) in [4.78, 5) is 27.7. The van der Waals surface area contributed by atoms with E-state index in [1.54, 1.807) is 6.92 Å². The molecule has 0 radical (unpaired) electrons. The van der Waals surface area contributed by atoms with Gasteiger partial charge in [-0.15, -0.1) is 0 Å². The van der Waals surface area contributed by atoms with Crippen LogP contribution in [0, 0.1) is 18.6 Å². The van der Waals surface area contributed by atoms with Crippen molar-refractivity contribution in [1.82, 2.24) is 4.90 Å². The number of halogens is 2. The number of allylic oxidation sites excluding steroid dienone is 1. The summed E-state index contributed by atoms with van der Waals surface area (Å²) in [5, 5.41) is 0. The number of amides is 1. The van der Waals surface area contributed by atoms with Crippen molar-refractivity contribution < 1.29 is 23.1 Å². The highest BCUT2D eigenvalue weighted by Gasteiger charge is 2.38. The van der Waals surface area contributed by atoms with Gasteiger partial charge in [-0.3, -0.25) is 4.79 Å². The van der Waals surface area contributed by atoms with Gasteiger partial charge in [0.2, 0.25) is 5.91 Å². The fourth-order valence-corrected chi connectivity index (χ4v) is 3.95. The van der Waals surface area contributed by atoms with Crippen molar-refractivity contribution in [2.24, 2.45) is 0 Å². The first kappa shape index (κ1) is 22.7. The molecule has 0 bridgehead atoms. The van der Waals surface area contributed by atoms with Crippen molar-refractivity contribution in [3.63, 3.8) is 0 Å². The number of ether oxygens (including phenoxy) is 1. The molecule has 1 atom stereocenters. The summed E-state index contributed by atoms with van der Waals surface area (Å²) in [6, 6.07) is 11.4. The van der Waals surface area contributed by atoms with Crippen molar-refractivity contribution in [3.05, 3.63) is 82.1 Å². The van der Waals surface area contributed by atoms with E-state index in [-0.39, 0.29) is 25.5 Å². The number of hydrogen-bond donors (Lipinski definition) is 0. The maximum atomic E-state index is 13.7. The SMILES string of the molecule is CCCC1=C(C(=O)OCC)C(c2ccc(C)cc2)CC(=O)N1Cc1ccc(F)c(F)c1. The number of esters is 1. The van der Waals surface area contributed by atoms with Gasteiger partial charge in [-0.2, -0.15) is 0 Å². The molecule has 1 amide bonds. The maximum absolute atomic E-state index is 13.7. The van der Waals surface area contributed by atoms with Crippen LogP contribution in [0.15, 0.2) is 53.7 Å². The molecule has 0 fully saturated rings. The first-order valence-electron chi connectivity index (χ1n) is 10.6. The molecule has 2 aromatic rings. The van der Waals surface area contributed by atoms with Crippen molar-refractivity contribution in [2.45, 2.75) is 52.5 Å². The van der Waals surface area contributed by atoms with Crippen LogP contribution in [0.2, 0.25) is 0 Å². The van der Waals surface area contributed by atoms with Crippen molar-refractivity contribution in [2.75, 3.05) is 6.61 Å². The van der Waals surface area contributed by atoms with Crippen LogP contribution in [0.25, 0.3) is 0 Å². The van der Waals surface area contributed by atoms with Gasteiger partial charge in [0, 0.05) is 18.0 Å². The Kier molecular flexibility index (Phi) is 7.21. The Morgan fingerprint density at radius 2 is 1.81 bits per heavy atom. The largest absolute Gasteiger partial charge is 0.463 e. The Bertz CT molecular complexity index is 998. The lowest BCUT2D eigenvalue weighted by atomic mass is 9.82. The molecule has 0 aromatic heterocycles. The molecule has 164 valence electrons. The number of carbonyl (C=O) groups excluding carboxylic acids is 2. The first-order valence-corrected chi connectivity index (χ1v) is 10.6. The van der Waals surface area contributed by atoms with Gasteiger partial charge in [-0.25, -0.2) is 13.6 Å². The van der Waals surface area contributed by atoms with Crippen molar-refractivity contribution in [3.8, 4) is 0 Å². The van der Waals surface area contributed by atoms with E-state index in [9.17, 15) is 18.4 Å². The quantitative estimate of drug-likeness (QED) is 0.556. The summed E-state index contributed by atoms with van der Waals surface area (Å²) in [6.45, 7) is 5.97. The molecule has 0 aliphatic carbocycles. The Morgan fingerprint density at radius 3 is 2.42 bits per heavy atom. The lowest BCUT2D eigenvalue weighted by molar-refractivity contribution is -0.140. The highest BCUT2D eigenvalue weighted by atomic mass is 19.2. The van der Waals surface area contributed by atoms with E-state index >= 15 is 0 Å². The third-order valence-corrected chi connectivity index (χ3v) is 5.45. The fraction of sp³-hybridized carbons (Fsp3) is 0.360. The zero-order valence-electron chi connectivity index (χ0n) is 18.1. The lowest BCUT2D eigenvalue weighted by Gasteiger charge is -2.36. The average Bonchev–Trinajstić information content (AvgIpc) is 2.73. The van der Waals surface area contributed by atoms with Gasteiger partial charge in [-0.1, -0.05) is 49.2 Å². The van der Waals surface area contributed by atoms with E-state index in [4.69, 9.17) is 4.74 Å². The minimum absolute atomic E-state index is 0.0644. The molecular formula is C25H27F2NO3. The maximum Gasteiger partial charge on any atom is 0.336 e. The Labute approximate surface area is 181 Å². The molecule has 3 rings (SSSR count). The number of carbonyl (C=O) groups is 2. The summed E-state index contributed by atoms with van der Waals surface area (Å²) in [6.07, 6.45) is 1.31. The van der Waals surface area contributed by atoms with Gasteiger partial charge in [0.25, 0.3) is 0 Å². The predicted octanol–water partition coefficient (Wildman–Crippen LogP) is 5.41. The van der Waals surface area contributed by atoms with E-state index < -0.39 is 23.5 Å². The second kappa shape index (κ2) is 9.86. The predicted molar refractivity (Wildman–Crippen MR) is 114 cm³/mol. The van der Waals surface area contributed by atoms with Crippen LogP contribution in [0.1, 0.15) is 55.7 Å². The van der Waals surface area contributed by atoms with Gasteiger partial charge in [0.05, 0.1) is 18.7 Å². The first-order chi connectivity index (χ1) is 14.8. The number of nitrogens with zero attached hydrogens (tertiary/aromatic N) is 1. The monoisotopic (exact) mass is 427 g/mol. The van der Waals surface area contributed by atoms with Gasteiger partial charge < -0.3 is 9.64 Å². The van der Waals surface area contributed by atoms with E-state index in [1.165, 1.54) is 11.0 Å². The molecule has 0 saturated carbocycles. The summed E-state index contributed by atoms with van der Waals surface area (Å²) < 4.78 is 32.4. The molecule has 0 N–H and O–H groups in total. The van der Waals surface area contributed by atoms with Crippen LogP contribution in [0.3, 0.4) is 0 Å². The van der Waals surface area contributed by atoms with E-state index in [0.717, 1.165) is 23.3 Å². The van der Waals surface area contributed by atoms with Gasteiger partial charge in [0.15, 0.2) is 11.6 Å². The van der Waals surface area contributed by atoms with Crippen LogP contribution in [-0.2, 0) is 20.9 Å². The minimum atomic E-state index is -0.967. The van der Waals surface area contributed by atoms with Gasteiger partial charge in [0.1, 0.15) is 0 Å². The van der Waals surface area contributed by atoms with E-state index in [2.05, 4.69) is 0 Å². The molecule has 4 nitrogen and oxygen atoms in total. The summed E-state index contributed by atoms with van der Waals surface area (Å²) in [5.74, 6) is -2.92. The van der Waals surface area contributed by atoms with Gasteiger partial charge in [-0.05, 0) is 43.5 Å². The minimum Gasteiger partial charge on any atom is -0.463 e. The third kappa shape index (κ3) is 5.01. The van der Waals surface area contributed by atoms with Crippen LogP contribution in [-0.4, -0.2) is 23.4 Å². The molecule has 2 aromatic carbocycles.